The van der Waals surface area contributed by atoms with E-state index in [0.29, 0.717) is 113 Å². The molecule has 2 amide bonds. The first-order valence-electron chi connectivity index (χ1n) is 25.2. The van der Waals surface area contributed by atoms with Crippen molar-refractivity contribution < 1.29 is 64.5 Å². The van der Waals surface area contributed by atoms with Crippen LogP contribution in [0.3, 0.4) is 0 Å². The van der Waals surface area contributed by atoms with Crippen molar-refractivity contribution in [1.82, 2.24) is 30.2 Å². The summed E-state index contributed by atoms with van der Waals surface area (Å²) in [6.07, 6.45) is -7.59. The SMILES string of the molecule is COCCCc1cc(CN2CCn3nc(C)c(C(=O)N[C@@H](C)c4ccc(C(=O)OC)cc4)c32)cc(C(F)(F)F)c1.Cc1nn2c(c1C(=O)N[C@@H](C)c1ccc(C(=O)O)cc1)N(Cc1cc(CCCF)cc(C(F)(F)F)c1)CC2. The van der Waals surface area contributed by atoms with Gasteiger partial charge in [-0.05, 0) is 135 Å². The molecule has 2 aliphatic rings. The number of ether oxygens (including phenoxy) is 2. The molecule has 0 fully saturated rings. The highest BCUT2D eigenvalue weighted by Gasteiger charge is 2.36. The summed E-state index contributed by atoms with van der Waals surface area (Å²) >= 11 is 0. The molecule has 8 rings (SSSR count). The Hall–Kier alpha value is -7.75. The zero-order valence-electron chi connectivity index (χ0n) is 43.9. The predicted molar refractivity (Wildman–Crippen MR) is 276 cm³/mol. The molecule has 0 aliphatic carbocycles. The Morgan fingerprint density at radius 1 is 0.615 bits per heavy atom. The van der Waals surface area contributed by atoms with Gasteiger partial charge >= 0.3 is 24.3 Å². The maximum atomic E-state index is 13.7. The van der Waals surface area contributed by atoms with Gasteiger partial charge in [0.05, 0.1) is 72.6 Å². The molecule has 0 bridgehead atoms. The lowest BCUT2D eigenvalue weighted by atomic mass is 10.0. The number of fused-ring (bicyclic) bond motifs is 2. The number of nitrogens with zero attached hydrogens (tertiary/aromatic N) is 6. The first kappa shape index (κ1) is 57.9. The highest BCUT2D eigenvalue weighted by atomic mass is 19.4. The number of aromatic carboxylic acids is 1. The fourth-order valence-corrected chi connectivity index (χ4v) is 9.68. The van der Waals surface area contributed by atoms with Crippen LogP contribution in [-0.2, 0) is 60.8 Å². The fraction of sp³-hybridized carbons (Fsp3) is 0.393. The molecule has 3 N–H and O–H groups in total. The van der Waals surface area contributed by atoms with Crippen LogP contribution in [0.1, 0.15) is 136 Å². The third-order valence-corrected chi connectivity index (χ3v) is 13.5. The largest absolute Gasteiger partial charge is 0.478 e. The third kappa shape index (κ3) is 13.9. The van der Waals surface area contributed by atoms with Gasteiger partial charge in [0.2, 0.25) is 0 Å². The molecule has 0 unspecified atom stereocenters. The number of esters is 1. The number of halogens is 7. The van der Waals surface area contributed by atoms with E-state index in [1.165, 1.54) is 31.4 Å². The van der Waals surface area contributed by atoms with Crippen LogP contribution in [0.15, 0.2) is 84.9 Å². The van der Waals surface area contributed by atoms with Gasteiger partial charge in [0.25, 0.3) is 11.8 Å². The lowest BCUT2D eigenvalue weighted by Crippen LogP contribution is -2.29. The van der Waals surface area contributed by atoms with Crippen molar-refractivity contribution in [2.24, 2.45) is 0 Å². The van der Waals surface area contributed by atoms with E-state index in [9.17, 15) is 49.9 Å². The zero-order chi connectivity index (χ0) is 56.6. The summed E-state index contributed by atoms with van der Waals surface area (Å²) in [4.78, 5) is 53.3. The quantitative estimate of drug-likeness (QED) is 0.0400. The van der Waals surface area contributed by atoms with Gasteiger partial charge in [-0.15, -0.1) is 0 Å². The molecule has 22 heteroatoms. The minimum atomic E-state index is -4.53. The number of hydrogen-bond donors (Lipinski definition) is 3. The minimum Gasteiger partial charge on any atom is -0.478 e. The molecule has 4 heterocycles. The summed E-state index contributed by atoms with van der Waals surface area (Å²) in [5.74, 6) is -1.11. The van der Waals surface area contributed by atoms with Crippen molar-refractivity contribution in [1.29, 1.82) is 0 Å². The van der Waals surface area contributed by atoms with Crippen LogP contribution in [0.5, 0.6) is 0 Å². The van der Waals surface area contributed by atoms with Crippen LogP contribution in [-0.4, -0.2) is 89.0 Å². The molecule has 15 nitrogen and oxygen atoms in total. The molecule has 2 aliphatic heterocycles. The number of aryl methyl sites for hydroxylation is 4. The molecule has 0 saturated heterocycles. The summed E-state index contributed by atoms with van der Waals surface area (Å²) in [6, 6.07) is 20.1. The monoisotopic (exact) mass is 1090 g/mol. The van der Waals surface area contributed by atoms with Gasteiger partial charge in [-0.1, -0.05) is 36.4 Å². The van der Waals surface area contributed by atoms with Gasteiger partial charge in [-0.3, -0.25) is 14.0 Å². The van der Waals surface area contributed by atoms with E-state index < -0.39 is 54.0 Å². The van der Waals surface area contributed by atoms with Crippen molar-refractivity contribution in [2.45, 2.75) is 104 Å². The number of methoxy groups -OCH3 is 2. The molecule has 78 heavy (non-hydrogen) atoms. The van der Waals surface area contributed by atoms with Gasteiger partial charge < -0.3 is 35.0 Å². The van der Waals surface area contributed by atoms with Crippen molar-refractivity contribution >= 4 is 35.4 Å². The number of carbonyl (C=O) groups is 4. The Morgan fingerprint density at radius 2 is 1.03 bits per heavy atom. The molecule has 0 saturated carbocycles. The molecule has 416 valence electrons. The Balaban J connectivity index is 0.000000226. The van der Waals surface area contributed by atoms with E-state index in [0.717, 1.165) is 17.7 Å². The first-order valence-corrected chi connectivity index (χ1v) is 25.2. The van der Waals surface area contributed by atoms with E-state index in [2.05, 4.69) is 20.8 Å². The maximum absolute atomic E-state index is 13.7. The number of rotatable bonds is 19. The molecule has 2 aromatic heterocycles. The Morgan fingerprint density at radius 3 is 1.41 bits per heavy atom. The topological polar surface area (TPSA) is 173 Å². The molecular formula is C56H61F7N8O7. The summed E-state index contributed by atoms with van der Waals surface area (Å²) in [7, 11) is 2.87. The van der Waals surface area contributed by atoms with Crippen LogP contribution in [0, 0.1) is 13.8 Å². The standard InChI is InChI=1S/C29H33F3N4O4.C27H28F4N4O3/c1-18(22-7-9-23(10-8-22)28(38)40-4)33-26(37)25-19(2)34-36-12-11-35(27(25)36)17-21-14-20(6-5-13-39-3)15-24(16-21)29(30,31)32;1-16(20-5-7-21(8-6-20)26(37)38)32-24(36)23-17(2)33-35-11-10-34(25(23)35)15-19-12-18(4-3-9-28)13-22(14-19)27(29,30)31/h7-10,14-16,18H,5-6,11-13,17H2,1-4H3,(H,33,37);5-8,12-14,16H,3-4,9-11,15H2,1-2H3,(H,32,36)(H,37,38)/t18-;16-/m00/s1. The minimum absolute atomic E-state index is 0.129. The average molecular weight is 1090 g/mol. The number of anilines is 2. The molecule has 0 spiro atoms. The van der Waals surface area contributed by atoms with Gasteiger partial charge in [0.1, 0.15) is 22.8 Å². The zero-order valence-corrected chi connectivity index (χ0v) is 43.9. The van der Waals surface area contributed by atoms with E-state index in [1.54, 1.807) is 85.8 Å². The van der Waals surface area contributed by atoms with Crippen LogP contribution >= 0.6 is 0 Å². The number of carboxylic acid groups (broad SMARTS) is 1. The van der Waals surface area contributed by atoms with Crippen molar-refractivity contribution in [3.63, 3.8) is 0 Å². The lowest BCUT2D eigenvalue weighted by Gasteiger charge is -2.21. The highest BCUT2D eigenvalue weighted by Crippen LogP contribution is 2.36. The van der Waals surface area contributed by atoms with E-state index >= 15 is 0 Å². The molecule has 6 aromatic rings. The van der Waals surface area contributed by atoms with Gasteiger partial charge in [0, 0.05) is 39.9 Å². The summed E-state index contributed by atoms with van der Waals surface area (Å²) in [6.45, 7) is 9.20. The average Bonchev–Trinajstić information content (AvgIpc) is 4.32. The van der Waals surface area contributed by atoms with Crippen LogP contribution in [0.2, 0.25) is 0 Å². The second-order valence-corrected chi connectivity index (χ2v) is 19.2. The number of aromatic nitrogens is 4. The maximum Gasteiger partial charge on any atom is 0.416 e. The number of hydrogen-bond acceptors (Lipinski definition) is 10. The number of nitrogens with one attached hydrogen (secondary N) is 2. The highest BCUT2D eigenvalue weighted by molar-refractivity contribution is 6.01. The smallest absolute Gasteiger partial charge is 0.416 e. The van der Waals surface area contributed by atoms with Crippen LogP contribution in [0.25, 0.3) is 0 Å². The van der Waals surface area contributed by atoms with Crippen molar-refractivity contribution in [3.8, 4) is 0 Å². The van der Waals surface area contributed by atoms with Gasteiger partial charge in [0.15, 0.2) is 0 Å². The second-order valence-electron chi connectivity index (χ2n) is 19.2. The van der Waals surface area contributed by atoms with E-state index in [-0.39, 0.29) is 43.4 Å². The summed E-state index contributed by atoms with van der Waals surface area (Å²) in [5, 5.41) is 24.0. The van der Waals surface area contributed by atoms with Gasteiger partial charge in [-0.25, -0.2) is 19.0 Å². The number of alkyl halides is 7. The second kappa shape index (κ2) is 24.7. The number of benzene rings is 4. The number of carboxylic acids is 1. The fourth-order valence-electron chi connectivity index (χ4n) is 9.68. The lowest BCUT2D eigenvalue weighted by molar-refractivity contribution is -0.138. The van der Waals surface area contributed by atoms with E-state index in [1.807, 2.05) is 16.7 Å². The normalized spacial score (nSPS) is 13.8. The molecular weight excluding hydrogens is 1030 g/mol. The Kier molecular flexibility index (Phi) is 18.4. The van der Waals surface area contributed by atoms with Crippen LogP contribution < -0.4 is 20.4 Å². The summed E-state index contributed by atoms with van der Waals surface area (Å²) in [5.41, 5.74) is 4.27. The molecule has 2 atom stereocenters. The Labute approximate surface area is 446 Å². The van der Waals surface area contributed by atoms with Crippen molar-refractivity contribution in [2.75, 3.05) is 50.4 Å². The number of amides is 2. The van der Waals surface area contributed by atoms with Gasteiger partial charge in [-0.2, -0.15) is 36.5 Å². The predicted octanol–water partition coefficient (Wildman–Crippen LogP) is 10.4. The van der Waals surface area contributed by atoms with E-state index in [4.69, 9.17) is 14.6 Å². The Bertz CT molecular complexity index is 3120. The number of carbonyl (C=O) groups excluding carboxylic acids is 3. The van der Waals surface area contributed by atoms with Crippen molar-refractivity contribution in [3.05, 3.63) is 163 Å². The van der Waals surface area contributed by atoms with Crippen LogP contribution in [0.4, 0.5) is 42.4 Å². The molecule has 4 aromatic carbocycles. The first-order chi connectivity index (χ1) is 37.0. The third-order valence-electron chi connectivity index (χ3n) is 13.5. The molecule has 0 radical (unpaired) electrons. The summed E-state index contributed by atoms with van der Waals surface area (Å²) < 4.78 is 107.